The van der Waals surface area contributed by atoms with E-state index >= 15 is 0 Å². The Labute approximate surface area is 101 Å². The van der Waals surface area contributed by atoms with Crippen molar-refractivity contribution in [1.29, 1.82) is 0 Å². The average molecular weight is 230 g/mol. The van der Waals surface area contributed by atoms with Crippen LogP contribution in [-0.4, -0.2) is 48.8 Å². The summed E-state index contributed by atoms with van der Waals surface area (Å²) in [6.45, 7) is 13.3. The van der Waals surface area contributed by atoms with Crippen LogP contribution in [0.15, 0.2) is 0 Å². The van der Waals surface area contributed by atoms with Gasteiger partial charge in [-0.2, -0.15) is 0 Å². The van der Waals surface area contributed by atoms with Crippen LogP contribution in [0.3, 0.4) is 0 Å². The fourth-order valence-corrected chi connectivity index (χ4v) is 1.76. The first-order chi connectivity index (χ1) is 7.32. The lowest BCUT2D eigenvalue weighted by Crippen LogP contribution is -2.42. The van der Waals surface area contributed by atoms with E-state index in [0.29, 0.717) is 11.5 Å². The first-order valence-corrected chi connectivity index (χ1v) is 6.37. The first kappa shape index (κ1) is 15.9. The molecule has 0 fully saturated rings. The van der Waals surface area contributed by atoms with Gasteiger partial charge in [-0.25, -0.2) is 0 Å². The van der Waals surface area contributed by atoms with E-state index in [-0.39, 0.29) is 12.6 Å². The Morgan fingerprint density at radius 2 is 1.88 bits per heavy atom. The molecule has 0 spiro atoms. The van der Waals surface area contributed by atoms with E-state index in [9.17, 15) is 5.11 Å². The van der Waals surface area contributed by atoms with Gasteiger partial charge in [0, 0.05) is 12.1 Å². The maximum absolute atomic E-state index is 9.19. The molecule has 0 radical (unpaired) electrons. The summed E-state index contributed by atoms with van der Waals surface area (Å²) in [6.07, 6.45) is 1.00. The van der Waals surface area contributed by atoms with Crippen molar-refractivity contribution in [3.05, 3.63) is 0 Å². The van der Waals surface area contributed by atoms with Crippen molar-refractivity contribution in [3.63, 3.8) is 0 Å². The van der Waals surface area contributed by atoms with Gasteiger partial charge in [0.15, 0.2) is 0 Å². The van der Waals surface area contributed by atoms with E-state index in [4.69, 9.17) is 0 Å². The molecule has 0 aromatic rings. The maximum Gasteiger partial charge on any atom is 0.0585 e. The molecule has 3 nitrogen and oxygen atoms in total. The summed E-state index contributed by atoms with van der Waals surface area (Å²) in [5, 5.41) is 12.5. The minimum Gasteiger partial charge on any atom is -0.395 e. The second kappa shape index (κ2) is 7.25. The zero-order valence-electron chi connectivity index (χ0n) is 11.9. The zero-order chi connectivity index (χ0) is 12.8. The molecule has 2 N–H and O–H groups in total. The lowest BCUT2D eigenvalue weighted by atomic mass is 9.87. The molecule has 2 atom stereocenters. The smallest absolute Gasteiger partial charge is 0.0585 e. The molecule has 0 rings (SSSR count). The first-order valence-electron chi connectivity index (χ1n) is 6.37. The van der Waals surface area contributed by atoms with Crippen LogP contribution in [0.5, 0.6) is 0 Å². The molecule has 0 aliphatic carbocycles. The number of hydrogen-bond donors (Lipinski definition) is 2. The molecule has 98 valence electrons. The van der Waals surface area contributed by atoms with Gasteiger partial charge in [0.1, 0.15) is 0 Å². The van der Waals surface area contributed by atoms with Crippen molar-refractivity contribution in [2.75, 3.05) is 26.7 Å². The highest BCUT2D eigenvalue weighted by molar-refractivity contribution is 4.78. The van der Waals surface area contributed by atoms with Gasteiger partial charge >= 0.3 is 0 Å². The Hall–Kier alpha value is -0.120. The fraction of sp³-hybridized carbons (Fsp3) is 1.00. The summed E-state index contributed by atoms with van der Waals surface area (Å²) in [6, 6.07) is 0.785. The minimum absolute atomic E-state index is 0.228. The number of nitrogens with one attached hydrogen (secondary N) is 1. The van der Waals surface area contributed by atoms with E-state index in [1.165, 1.54) is 0 Å². The van der Waals surface area contributed by atoms with Crippen LogP contribution in [0.25, 0.3) is 0 Å². The Morgan fingerprint density at radius 3 is 2.25 bits per heavy atom. The van der Waals surface area contributed by atoms with E-state index in [2.05, 4.69) is 51.9 Å². The molecule has 0 aliphatic heterocycles. The molecule has 0 heterocycles. The number of hydrogen-bond acceptors (Lipinski definition) is 3. The summed E-state index contributed by atoms with van der Waals surface area (Å²) in [5.41, 5.74) is 0.307. The Bertz CT molecular complexity index is 177. The molecule has 16 heavy (non-hydrogen) atoms. The highest BCUT2D eigenvalue weighted by Crippen LogP contribution is 2.22. The van der Waals surface area contributed by atoms with Gasteiger partial charge < -0.3 is 15.3 Å². The quantitative estimate of drug-likeness (QED) is 0.699. The highest BCUT2D eigenvalue weighted by atomic mass is 16.3. The van der Waals surface area contributed by atoms with Crippen LogP contribution >= 0.6 is 0 Å². The number of nitrogens with zero attached hydrogens (tertiary/aromatic N) is 1. The van der Waals surface area contributed by atoms with Gasteiger partial charge in [-0.15, -0.1) is 0 Å². The van der Waals surface area contributed by atoms with Crippen LogP contribution in [0, 0.1) is 5.41 Å². The molecular weight excluding hydrogens is 200 g/mol. The van der Waals surface area contributed by atoms with Crippen molar-refractivity contribution >= 4 is 0 Å². The molecule has 0 aliphatic rings. The van der Waals surface area contributed by atoms with Gasteiger partial charge in [-0.3, -0.25) is 0 Å². The lowest BCUT2D eigenvalue weighted by molar-refractivity contribution is 0.129. The topological polar surface area (TPSA) is 35.5 Å². The van der Waals surface area contributed by atoms with Crippen LogP contribution in [-0.2, 0) is 0 Å². The molecule has 0 aromatic carbocycles. The van der Waals surface area contributed by atoms with E-state index in [1.54, 1.807) is 0 Å². The summed E-state index contributed by atoms with van der Waals surface area (Å²) < 4.78 is 0. The molecule has 2 unspecified atom stereocenters. The van der Waals surface area contributed by atoms with Gasteiger partial charge in [0.2, 0.25) is 0 Å². The SMILES string of the molecule is CCNC(CO)CCN(C)C(C)C(C)(C)C. The number of likely N-dealkylation sites (N-methyl/N-ethyl adjacent to an activating group) is 1. The third-order valence-electron chi connectivity index (χ3n) is 3.46. The maximum atomic E-state index is 9.19. The minimum atomic E-state index is 0.228. The predicted molar refractivity (Wildman–Crippen MR) is 70.7 cm³/mol. The second-order valence-electron chi connectivity index (χ2n) is 5.75. The van der Waals surface area contributed by atoms with Crippen molar-refractivity contribution in [2.45, 2.75) is 53.1 Å². The molecular formula is C13H30N2O. The van der Waals surface area contributed by atoms with Crippen molar-refractivity contribution in [3.8, 4) is 0 Å². The molecule has 0 saturated heterocycles. The van der Waals surface area contributed by atoms with Crippen LogP contribution < -0.4 is 5.32 Å². The van der Waals surface area contributed by atoms with Gasteiger partial charge in [-0.1, -0.05) is 27.7 Å². The number of aliphatic hydroxyl groups is 1. The average Bonchev–Trinajstić information content (AvgIpc) is 2.21. The van der Waals surface area contributed by atoms with Crippen molar-refractivity contribution < 1.29 is 5.11 Å². The normalized spacial score (nSPS) is 16.5. The molecule has 0 amide bonds. The van der Waals surface area contributed by atoms with Gasteiger partial charge in [0.05, 0.1) is 6.61 Å². The molecule has 0 saturated carbocycles. The highest BCUT2D eigenvalue weighted by Gasteiger charge is 2.23. The van der Waals surface area contributed by atoms with Crippen LogP contribution in [0.2, 0.25) is 0 Å². The third-order valence-corrected chi connectivity index (χ3v) is 3.46. The third kappa shape index (κ3) is 5.83. The van der Waals surface area contributed by atoms with Gasteiger partial charge in [0.25, 0.3) is 0 Å². The summed E-state index contributed by atoms with van der Waals surface area (Å²) in [4.78, 5) is 2.38. The summed E-state index contributed by atoms with van der Waals surface area (Å²) >= 11 is 0. The zero-order valence-corrected chi connectivity index (χ0v) is 11.9. The largest absolute Gasteiger partial charge is 0.395 e. The number of rotatable bonds is 7. The van der Waals surface area contributed by atoms with E-state index < -0.39 is 0 Å². The lowest BCUT2D eigenvalue weighted by Gasteiger charge is -2.36. The number of aliphatic hydroxyl groups excluding tert-OH is 1. The Balaban J connectivity index is 4.00. The van der Waals surface area contributed by atoms with Crippen LogP contribution in [0.4, 0.5) is 0 Å². The molecule has 0 aromatic heterocycles. The Kier molecular flexibility index (Phi) is 7.20. The Morgan fingerprint density at radius 1 is 1.31 bits per heavy atom. The summed E-state index contributed by atoms with van der Waals surface area (Å²) in [5.74, 6) is 0. The monoisotopic (exact) mass is 230 g/mol. The second-order valence-corrected chi connectivity index (χ2v) is 5.75. The van der Waals surface area contributed by atoms with E-state index in [1.807, 2.05) is 0 Å². The summed E-state index contributed by atoms with van der Waals surface area (Å²) in [7, 11) is 2.16. The fourth-order valence-electron chi connectivity index (χ4n) is 1.76. The molecule has 3 heteroatoms. The van der Waals surface area contributed by atoms with Crippen LogP contribution in [0.1, 0.15) is 41.0 Å². The van der Waals surface area contributed by atoms with Gasteiger partial charge in [-0.05, 0) is 38.9 Å². The standard InChI is InChI=1S/C13H30N2O/c1-7-14-12(10-16)8-9-15(6)11(2)13(3,4)5/h11-12,14,16H,7-10H2,1-6H3. The molecule has 0 bridgehead atoms. The predicted octanol–water partition coefficient (Wildman–Crippen LogP) is 1.71. The van der Waals surface area contributed by atoms with E-state index in [0.717, 1.165) is 19.5 Å². The van der Waals surface area contributed by atoms with Crippen molar-refractivity contribution in [1.82, 2.24) is 10.2 Å². The van der Waals surface area contributed by atoms with Crippen molar-refractivity contribution in [2.24, 2.45) is 5.41 Å².